The quantitative estimate of drug-likeness (QED) is 0.619. The number of hydrogen-bond donors (Lipinski definition) is 0. The number of carbonyl (C=O) groups is 1. The van der Waals surface area contributed by atoms with Crippen molar-refractivity contribution in [2.24, 2.45) is 0 Å². The molecule has 100 valence electrons. The number of nitro groups is 1. The number of hydrogen-bond acceptors (Lipinski definition) is 4. The molecule has 5 heteroatoms. The lowest BCUT2D eigenvalue weighted by molar-refractivity contribution is -0.384. The van der Waals surface area contributed by atoms with Crippen molar-refractivity contribution in [1.29, 1.82) is 0 Å². The van der Waals surface area contributed by atoms with E-state index in [0.717, 1.165) is 5.56 Å². The maximum Gasteiger partial charge on any atom is 0.269 e. The molecule has 1 aliphatic rings. The number of benzene rings is 2. The van der Waals surface area contributed by atoms with Crippen LogP contribution in [0.15, 0.2) is 48.5 Å². The molecule has 0 unspecified atom stereocenters. The zero-order valence-corrected chi connectivity index (χ0v) is 10.5. The van der Waals surface area contributed by atoms with Crippen LogP contribution >= 0.6 is 0 Å². The fourth-order valence-electron chi connectivity index (χ4n) is 2.27. The van der Waals surface area contributed by atoms with Gasteiger partial charge in [0.05, 0.1) is 16.9 Å². The Kier molecular flexibility index (Phi) is 2.95. The second kappa shape index (κ2) is 4.77. The van der Waals surface area contributed by atoms with Crippen LogP contribution in [0.25, 0.3) is 0 Å². The van der Waals surface area contributed by atoms with Gasteiger partial charge in [-0.05, 0) is 29.8 Å². The topological polar surface area (TPSA) is 69.4 Å². The van der Waals surface area contributed by atoms with Gasteiger partial charge in [-0.1, -0.05) is 12.1 Å². The molecular weight excluding hydrogens is 258 g/mol. The number of ether oxygens (including phenoxy) is 1. The van der Waals surface area contributed by atoms with Crippen molar-refractivity contribution >= 4 is 11.5 Å². The first kappa shape index (κ1) is 12.3. The van der Waals surface area contributed by atoms with Crippen LogP contribution in [0.4, 0.5) is 5.69 Å². The molecule has 0 aromatic heterocycles. The van der Waals surface area contributed by atoms with Gasteiger partial charge in [0.15, 0.2) is 5.78 Å². The molecule has 0 aliphatic carbocycles. The normalized spacial score (nSPS) is 17.2. The Morgan fingerprint density at radius 3 is 2.50 bits per heavy atom. The Morgan fingerprint density at radius 2 is 1.80 bits per heavy atom. The zero-order chi connectivity index (χ0) is 14.1. The predicted molar refractivity (Wildman–Crippen MR) is 71.9 cm³/mol. The van der Waals surface area contributed by atoms with Crippen molar-refractivity contribution in [2.75, 3.05) is 0 Å². The molecule has 0 bridgehead atoms. The summed E-state index contributed by atoms with van der Waals surface area (Å²) in [5.41, 5.74) is 1.38. The van der Waals surface area contributed by atoms with Crippen molar-refractivity contribution in [3.63, 3.8) is 0 Å². The molecule has 0 radical (unpaired) electrons. The summed E-state index contributed by atoms with van der Waals surface area (Å²) in [7, 11) is 0. The van der Waals surface area contributed by atoms with E-state index < -0.39 is 11.0 Å². The van der Waals surface area contributed by atoms with Gasteiger partial charge in [-0.25, -0.2) is 0 Å². The highest BCUT2D eigenvalue weighted by molar-refractivity contribution is 5.99. The SMILES string of the molecule is O=C1C[C@@H](c2ccc([N+](=O)[O-])cc2)Oc2ccccc21. The van der Waals surface area contributed by atoms with Crippen molar-refractivity contribution in [3.05, 3.63) is 69.8 Å². The first-order chi connectivity index (χ1) is 9.65. The smallest absolute Gasteiger partial charge is 0.269 e. The third kappa shape index (κ3) is 2.14. The van der Waals surface area contributed by atoms with E-state index in [0.29, 0.717) is 11.3 Å². The Bertz CT molecular complexity index is 679. The molecule has 0 N–H and O–H groups in total. The lowest BCUT2D eigenvalue weighted by Crippen LogP contribution is -2.20. The standard InChI is InChI=1S/C15H11NO4/c17-13-9-15(20-14-4-2-1-3-12(13)14)10-5-7-11(8-6-10)16(18)19/h1-8,15H,9H2/t15-/m0/s1. The van der Waals surface area contributed by atoms with E-state index in [4.69, 9.17) is 4.74 Å². The molecule has 5 nitrogen and oxygen atoms in total. The summed E-state index contributed by atoms with van der Waals surface area (Å²) in [4.78, 5) is 22.2. The average molecular weight is 269 g/mol. The van der Waals surface area contributed by atoms with Gasteiger partial charge in [-0.3, -0.25) is 14.9 Å². The van der Waals surface area contributed by atoms with Crippen LogP contribution in [0.5, 0.6) is 5.75 Å². The number of rotatable bonds is 2. The van der Waals surface area contributed by atoms with Gasteiger partial charge in [0.2, 0.25) is 0 Å². The van der Waals surface area contributed by atoms with Crippen LogP contribution in [0.1, 0.15) is 28.4 Å². The molecule has 2 aromatic rings. The van der Waals surface area contributed by atoms with Crippen LogP contribution in [0, 0.1) is 10.1 Å². The number of carbonyl (C=O) groups excluding carboxylic acids is 1. The van der Waals surface area contributed by atoms with Gasteiger partial charge in [-0.15, -0.1) is 0 Å². The summed E-state index contributed by atoms with van der Waals surface area (Å²) < 4.78 is 5.80. The van der Waals surface area contributed by atoms with Gasteiger partial charge in [0.25, 0.3) is 5.69 Å². The number of nitrogens with zero attached hydrogens (tertiary/aromatic N) is 1. The zero-order valence-electron chi connectivity index (χ0n) is 10.5. The van der Waals surface area contributed by atoms with E-state index in [2.05, 4.69) is 0 Å². The summed E-state index contributed by atoms with van der Waals surface area (Å²) in [6, 6.07) is 13.2. The fourth-order valence-corrected chi connectivity index (χ4v) is 2.27. The Hall–Kier alpha value is -2.69. The minimum atomic E-state index is -0.452. The van der Waals surface area contributed by atoms with Crippen molar-refractivity contribution in [1.82, 2.24) is 0 Å². The lowest BCUT2D eigenvalue weighted by atomic mass is 9.96. The van der Waals surface area contributed by atoms with Gasteiger partial charge in [0, 0.05) is 12.1 Å². The Morgan fingerprint density at radius 1 is 1.10 bits per heavy atom. The molecule has 1 aliphatic heterocycles. The summed E-state index contributed by atoms with van der Waals surface area (Å²) in [5, 5.41) is 10.6. The van der Waals surface area contributed by atoms with Crippen LogP contribution in [0.3, 0.4) is 0 Å². The minimum absolute atomic E-state index is 0.0233. The minimum Gasteiger partial charge on any atom is -0.484 e. The van der Waals surface area contributed by atoms with Gasteiger partial charge in [0.1, 0.15) is 11.9 Å². The van der Waals surface area contributed by atoms with Crippen LogP contribution in [-0.2, 0) is 0 Å². The number of Topliss-reactive ketones (excluding diaryl/α,β-unsaturated/α-hetero) is 1. The number of non-ortho nitro benzene ring substituents is 1. The molecule has 1 heterocycles. The maximum atomic E-state index is 12.1. The molecule has 0 saturated heterocycles. The molecule has 20 heavy (non-hydrogen) atoms. The van der Waals surface area contributed by atoms with E-state index in [1.165, 1.54) is 12.1 Å². The third-order valence-corrected chi connectivity index (χ3v) is 3.30. The number of fused-ring (bicyclic) bond motifs is 1. The lowest BCUT2D eigenvalue weighted by Gasteiger charge is -2.25. The van der Waals surface area contributed by atoms with E-state index in [1.54, 1.807) is 30.3 Å². The van der Waals surface area contributed by atoms with Gasteiger partial charge in [-0.2, -0.15) is 0 Å². The summed E-state index contributed by atoms with van der Waals surface area (Å²) in [6.07, 6.45) is -0.146. The number of para-hydroxylation sites is 1. The van der Waals surface area contributed by atoms with Crippen molar-refractivity contribution < 1.29 is 14.5 Å². The first-order valence-electron chi connectivity index (χ1n) is 6.18. The molecule has 0 saturated carbocycles. The molecule has 0 spiro atoms. The molecule has 3 rings (SSSR count). The Balaban J connectivity index is 1.90. The summed E-state index contributed by atoms with van der Waals surface area (Å²) in [6.45, 7) is 0. The van der Waals surface area contributed by atoms with Crippen LogP contribution in [0.2, 0.25) is 0 Å². The monoisotopic (exact) mass is 269 g/mol. The highest BCUT2D eigenvalue weighted by atomic mass is 16.6. The molecule has 0 fully saturated rings. The van der Waals surface area contributed by atoms with Crippen LogP contribution < -0.4 is 4.74 Å². The number of ketones is 1. The molecule has 2 aromatic carbocycles. The second-order valence-electron chi connectivity index (χ2n) is 4.58. The first-order valence-corrected chi connectivity index (χ1v) is 6.18. The van der Waals surface area contributed by atoms with Gasteiger partial charge >= 0.3 is 0 Å². The molecule has 1 atom stereocenters. The summed E-state index contributed by atoms with van der Waals surface area (Å²) in [5.74, 6) is 0.585. The van der Waals surface area contributed by atoms with E-state index in [9.17, 15) is 14.9 Å². The van der Waals surface area contributed by atoms with E-state index >= 15 is 0 Å². The summed E-state index contributed by atoms with van der Waals surface area (Å²) >= 11 is 0. The average Bonchev–Trinajstić information content (AvgIpc) is 2.47. The van der Waals surface area contributed by atoms with Crippen molar-refractivity contribution in [2.45, 2.75) is 12.5 Å². The van der Waals surface area contributed by atoms with E-state index in [1.807, 2.05) is 6.07 Å². The Labute approximate surface area is 115 Å². The molecular formula is C15H11NO4. The highest BCUT2D eigenvalue weighted by Crippen LogP contribution is 2.34. The van der Waals surface area contributed by atoms with Crippen LogP contribution in [-0.4, -0.2) is 10.7 Å². The fraction of sp³-hybridized carbons (Fsp3) is 0.133. The second-order valence-corrected chi connectivity index (χ2v) is 4.58. The predicted octanol–water partition coefficient (Wildman–Crippen LogP) is 3.30. The maximum absolute atomic E-state index is 12.1. The molecule has 0 amide bonds. The third-order valence-electron chi connectivity index (χ3n) is 3.30. The van der Waals surface area contributed by atoms with Crippen molar-refractivity contribution in [3.8, 4) is 5.75 Å². The van der Waals surface area contributed by atoms with Gasteiger partial charge < -0.3 is 4.74 Å². The highest BCUT2D eigenvalue weighted by Gasteiger charge is 2.27. The van der Waals surface area contributed by atoms with E-state index in [-0.39, 0.29) is 17.9 Å². The largest absolute Gasteiger partial charge is 0.484 e. The number of nitro benzene ring substituents is 1.